The van der Waals surface area contributed by atoms with Crippen LogP contribution in [-0.4, -0.2) is 31.2 Å². The van der Waals surface area contributed by atoms with Crippen LogP contribution in [0.1, 0.15) is 22.9 Å². The minimum absolute atomic E-state index is 0.150. The fraction of sp³-hybridized carbons (Fsp3) is 0.0800. The van der Waals surface area contributed by atoms with Gasteiger partial charge in [-0.05, 0) is 29.8 Å². The molecule has 34 heavy (non-hydrogen) atoms. The molecule has 0 fully saturated rings. The molecule has 2 aromatic heterocycles. The second-order valence-electron chi connectivity index (χ2n) is 7.80. The topological polar surface area (TPSA) is 79.4 Å². The van der Waals surface area contributed by atoms with E-state index in [4.69, 9.17) is 21.6 Å². The van der Waals surface area contributed by atoms with Crippen molar-refractivity contribution in [3.05, 3.63) is 111 Å². The highest BCUT2D eigenvalue weighted by Gasteiger charge is 2.41. The van der Waals surface area contributed by atoms with Gasteiger partial charge in [0.2, 0.25) is 0 Å². The summed E-state index contributed by atoms with van der Waals surface area (Å²) in [5.74, 6) is 0.805. The van der Waals surface area contributed by atoms with E-state index < -0.39 is 6.04 Å². The van der Waals surface area contributed by atoms with E-state index in [0.29, 0.717) is 33.1 Å². The first-order valence-corrected chi connectivity index (χ1v) is 11.9. The molecule has 6 rings (SSSR count). The summed E-state index contributed by atoms with van der Waals surface area (Å²) < 4.78 is 1.41. The van der Waals surface area contributed by atoms with Crippen LogP contribution in [0.25, 0.3) is 5.65 Å². The number of amidine groups is 2. The number of fused-ring (bicyclic) bond motifs is 4. The molecule has 4 aromatic rings. The quantitative estimate of drug-likeness (QED) is 0.424. The average molecular weight is 486 g/mol. The van der Waals surface area contributed by atoms with Crippen LogP contribution in [0, 0.1) is 0 Å². The first-order valence-electron chi connectivity index (χ1n) is 10.5. The Morgan fingerprint density at radius 2 is 1.76 bits per heavy atom. The number of pyridine rings is 1. The molecule has 2 aliphatic heterocycles. The van der Waals surface area contributed by atoms with Crippen LogP contribution in [-0.2, 0) is 10.5 Å². The molecule has 1 atom stereocenters. The molecule has 9 heteroatoms. The summed E-state index contributed by atoms with van der Waals surface area (Å²) in [6, 6.07) is 21.4. The maximum Gasteiger partial charge on any atom is 0.263 e. The first-order chi connectivity index (χ1) is 16.6. The van der Waals surface area contributed by atoms with Gasteiger partial charge in [0, 0.05) is 23.6 Å². The molecule has 2 aliphatic rings. The van der Waals surface area contributed by atoms with Crippen LogP contribution in [0.15, 0.2) is 93.8 Å². The third kappa shape index (κ3) is 3.52. The van der Waals surface area contributed by atoms with Gasteiger partial charge in [-0.1, -0.05) is 65.8 Å². The number of rotatable bonds is 3. The van der Waals surface area contributed by atoms with Gasteiger partial charge in [-0.15, -0.1) is 0 Å². The van der Waals surface area contributed by atoms with Gasteiger partial charge < -0.3 is 0 Å². The van der Waals surface area contributed by atoms with Crippen LogP contribution < -0.4 is 5.56 Å². The lowest BCUT2D eigenvalue weighted by molar-refractivity contribution is -0.124. The van der Waals surface area contributed by atoms with Crippen LogP contribution >= 0.6 is 23.4 Å². The number of benzene rings is 2. The number of aliphatic imine (C=N–C) groups is 2. The van der Waals surface area contributed by atoms with E-state index in [2.05, 4.69) is 4.98 Å². The van der Waals surface area contributed by atoms with Gasteiger partial charge in [0.15, 0.2) is 11.2 Å². The van der Waals surface area contributed by atoms with Crippen molar-refractivity contribution in [1.82, 2.24) is 14.3 Å². The van der Waals surface area contributed by atoms with E-state index in [1.165, 1.54) is 22.2 Å². The van der Waals surface area contributed by atoms with Gasteiger partial charge in [-0.2, -0.15) is 0 Å². The van der Waals surface area contributed by atoms with Crippen LogP contribution in [0.5, 0.6) is 0 Å². The molecule has 4 heterocycles. The van der Waals surface area contributed by atoms with Gasteiger partial charge in [-0.3, -0.25) is 14.0 Å². The fourth-order valence-electron chi connectivity index (χ4n) is 4.04. The Bertz CT molecular complexity index is 1580. The molecule has 0 bridgehead atoms. The SMILES string of the molecule is O=C1C(c2ccccc2)N=C2c3ccccc3N=C(SCc3cc(=O)n4cc(Cl)ccc4n3)N12. The summed E-state index contributed by atoms with van der Waals surface area (Å²) in [7, 11) is 0. The van der Waals surface area contributed by atoms with Gasteiger partial charge in [0.1, 0.15) is 11.5 Å². The van der Waals surface area contributed by atoms with Crippen molar-refractivity contribution in [2.45, 2.75) is 11.8 Å². The number of thioether (sulfide) groups is 1. The Labute approximate surface area is 203 Å². The lowest BCUT2D eigenvalue weighted by Gasteiger charge is -2.25. The zero-order chi connectivity index (χ0) is 23.2. The number of hydrogen-bond acceptors (Lipinski definition) is 6. The van der Waals surface area contributed by atoms with E-state index in [0.717, 1.165) is 16.8 Å². The second kappa shape index (κ2) is 8.23. The summed E-state index contributed by atoms with van der Waals surface area (Å²) >= 11 is 7.35. The zero-order valence-corrected chi connectivity index (χ0v) is 19.2. The maximum atomic E-state index is 13.5. The van der Waals surface area contributed by atoms with Gasteiger partial charge >= 0.3 is 0 Å². The molecule has 1 unspecified atom stereocenters. The molecule has 2 aromatic carbocycles. The Morgan fingerprint density at radius 3 is 2.62 bits per heavy atom. The minimum Gasteiger partial charge on any atom is -0.271 e. The predicted octanol–water partition coefficient (Wildman–Crippen LogP) is 4.61. The molecule has 0 saturated carbocycles. The number of hydrogen-bond donors (Lipinski definition) is 0. The first kappa shape index (κ1) is 20.8. The number of nitrogens with zero attached hydrogens (tertiary/aromatic N) is 5. The van der Waals surface area contributed by atoms with Crippen molar-refractivity contribution in [1.29, 1.82) is 0 Å². The summed E-state index contributed by atoms with van der Waals surface area (Å²) in [6.45, 7) is 0. The van der Waals surface area contributed by atoms with Crippen LogP contribution in [0.3, 0.4) is 0 Å². The van der Waals surface area contributed by atoms with Crippen molar-refractivity contribution in [3.8, 4) is 0 Å². The van der Waals surface area contributed by atoms with Crippen LogP contribution in [0.2, 0.25) is 5.02 Å². The lowest BCUT2D eigenvalue weighted by Crippen LogP contribution is -2.39. The van der Waals surface area contributed by atoms with Gasteiger partial charge in [0.25, 0.3) is 11.5 Å². The van der Waals surface area contributed by atoms with Crippen molar-refractivity contribution in [2.24, 2.45) is 9.98 Å². The summed E-state index contributed by atoms with van der Waals surface area (Å²) in [6.07, 6.45) is 1.54. The summed E-state index contributed by atoms with van der Waals surface area (Å²) in [5.41, 5.74) is 3.28. The van der Waals surface area contributed by atoms with Crippen molar-refractivity contribution < 1.29 is 4.79 Å². The summed E-state index contributed by atoms with van der Waals surface area (Å²) in [4.78, 5) is 41.7. The van der Waals surface area contributed by atoms with E-state index in [9.17, 15) is 9.59 Å². The molecule has 0 radical (unpaired) electrons. The smallest absolute Gasteiger partial charge is 0.263 e. The second-order valence-corrected chi connectivity index (χ2v) is 9.18. The van der Waals surface area contributed by atoms with Crippen molar-refractivity contribution in [3.63, 3.8) is 0 Å². The molecule has 0 N–H and O–H groups in total. The molecular formula is C25H16ClN5O2S. The highest BCUT2D eigenvalue weighted by atomic mass is 35.5. The number of carbonyl (C=O) groups excluding carboxylic acids is 1. The van der Waals surface area contributed by atoms with Crippen molar-refractivity contribution >= 4 is 51.6 Å². The average Bonchev–Trinajstić information content (AvgIpc) is 3.21. The molecule has 1 amide bonds. The molecule has 7 nitrogen and oxygen atoms in total. The van der Waals surface area contributed by atoms with Gasteiger partial charge in [-0.25, -0.2) is 19.9 Å². The number of amides is 1. The monoisotopic (exact) mass is 485 g/mol. The number of carbonyl (C=O) groups is 1. The highest BCUT2D eigenvalue weighted by Crippen LogP contribution is 2.38. The Kier molecular flexibility index (Phi) is 5.04. The van der Waals surface area contributed by atoms with E-state index in [1.54, 1.807) is 23.2 Å². The highest BCUT2D eigenvalue weighted by molar-refractivity contribution is 8.13. The Morgan fingerprint density at radius 1 is 0.971 bits per heavy atom. The molecule has 0 spiro atoms. The van der Waals surface area contributed by atoms with Crippen LogP contribution in [0.4, 0.5) is 5.69 Å². The summed E-state index contributed by atoms with van der Waals surface area (Å²) in [5, 5.41) is 0.972. The number of halogens is 1. The van der Waals surface area contributed by atoms with E-state index in [-0.39, 0.29) is 11.5 Å². The fourth-order valence-corrected chi connectivity index (χ4v) is 5.09. The maximum absolute atomic E-state index is 13.5. The third-order valence-corrected chi connectivity index (χ3v) is 6.81. The molecular weight excluding hydrogens is 470 g/mol. The Hall–Kier alpha value is -3.75. The lowest BCUT2D eigenvalue weighted by atomic mass is 10.1. The molecule has 166 valence electrons. The van der Waals surface area contributed by atoms with Crippen molar-refractivity contribution in [2.75, 3.05) is 0 Å². The predicted molar refractivity (Wildman–Crippen MR) is 134 cm³/mol. The standard InChI is InChI=1S/C25H16ClN5O2S/c26-16-10-11-20-27-17(12-21(32)30(20)13-16)14-34-25-28-19-9-5-4-8-18(19)23-29-22(24(33)31(23)25)15-6-2-1-3-7-15/h1-13,22H,14H2. The van der Waals surface area contributed by atoms with Gasteiger partial charge in [0.05, 0.1) is 16.4 Å². The zero-order valence-electron chi connectivity index (χ0n) is 17.6. The minimum atomic E-state index is -0.624. The number of aromatic nitrogens is 2. The molecule has 0 aliphatic carbocycles. The molecule has 0 saturated heterocycles. The Balaban J connectivity index is 1.36. The third-order valence-electron chi connectivity index (χ3n) is 5.61. The van der Waals surface area contributed by atoms with E-state index in [1.807, 2.05) is 54.6 Å². The van der Waals surface area contributed by atoms with E-state index >= 15 is 0 Å². The number of para-hydroxylation sites is 1. The normalized spacial score (nSPS) is 16.8. The largest absolute Gasteiger partial charge is 0.271 e.